The molecule has 0 bridgehead atoms. The van der Waals surface area contributed by atoms with E-state index >= 15 is 0 Å². The Balaban J connectivity index is 3.28. The van der Waals surface area contributed by atoms with Crippen molar-refractivity contribution in [3.05, 3.63) is 5.15 Å². The lowest BCUT2D eigenvalue weighted by Gasteiger charge is -2.19. The van der Waals surface area contributed by atoms with Crippen LogP contribution in [0.4, 0.5) is 0 Å². The van der Waals surface area contributed by atoms with Crippen LogP contribution in [0.2, 0.25) is 5.15 Å². The Morgan fingerprint density at radius 1 is 1.21 bits per heavy atom. The van der Waals surface area contributed by atoms with Gasteiger partial charge in [0.05, 0.1) is 19.8 Å². The maximum atomic E-state index is 6.09. The quantitative estimate of drug-likeness (QED) is 0.765. The monoisotopic (exact) mass is 218 g/mol. The lowest BCUT2D eigenvalue weighted by atomic mass is 10.1. The zero-order chi connectivity index (χ0) is 10.9. The van der Waals surface area contributed by atoms with Crippen LogP contribution in [-0.2, 0) is 5.54 Å². The smallest absolute Gasteiger partial charge is 0.277 e. The highest BCUT2D eigenvalue weighted by Gasteiger charge is 2.25. The van der Waals surface area contributed by atoms with Crippen molar-refractivity contribution in [3.8, 4) is 11.6 Å². The first kappa shape index (κ1) is 11.2. The molecule has 0 radical (unpaired) electrons. The molecule has 5 heteroatoms. The van der Waals surface area contributed by atoms with Gasteiger partial charge in [0, 0.05) is 0 Å². The summed E-state index contributed by atoms with van der Waals surface area (Å²) in [7, 11) is 3.08. The molecule has 80 valence electrons. The highest BCUT2D eigenvalue weighted by Crippen LogP contribution is 2.36. The summed E-state index contributed by atoms with van der Waals surface area (Å²) in [6.07, 6.45) is 0. The molecule has 0 amide bonds. The second kappa shape index (κ2) is 3.69. The summed E-state index contributed by atoms with van der Waals surface area (Å²) in [5.41, 5.74) is -0.193. The molecule has 0 N–H and O–H groups in total. The minimum atomic E-state index is -0.193. The number of aromatic nitrogens is 2. The van der Waals surface area contributed by atoms with Crippen LogP contribution in [0.3, 0.4) is 0 Å². The van der Waals surface area contributed by atoms with Gasteiger partial charge in [-0.15, -0.1) is 5.10 Å². The van der Waals surface area contributed by atoms with E-state index in [0.29, 0.717) is 16.8 Å². The van der Waals surface area contributed by atoms with Gasteiger partial charge < -0.3 is 9.47 Å². The maximum Gasteiger partial charge on any atom is 0.277 e. The predicted octanol–water partition coefficient (Wildman–Crippen LogP) is 2.31. The molecular formula is C9H15ClN2O2. The lowest BCUT2D eigenvalue weighted by Crippen LogP contribution is -2.23. The summed E-state index contributed by atoms with van der Waals surface area (Å²) in [4.78, 5) is 0. The molecule has 0 aliphatic heterocycles. The van der Waals surface area contributed by atoms with Crippen molar-refractivity contribution in [2.24, 2.45) is 0 Å². The topological polar surface area (TPSA) is 36.3 Å². The second-order valence-corrected chi connectivity index (χ2v) is 4.27. The van der Waals surface area contributed by atoms with E-state index in [9.17, 15) is 0 Å². The Bertz CT molecular complexity index is 328. The van der Waals surface area contributed by atoms with Crippen LogP contribution in [0, 0.1) is 0 Å². The molecule has 0 saturated carbocycles. The molecule has 1 rings (SSSR count). The fourth-order valence-electron chi connectivity index (χ4n) is 1.11. The summed E-state index contributed by atoms with van der Waals surface area (Å²) < 4.78 is 11.8. The van der Waals surface area contributed by atoms with Crippen molar-refractivity contribution < 1.29 is 9.47 Å². The molecule has 0 aromatic carbocycles. The van der Waals surface area contributed by atoms with Gasteiger partial charge in [-0.2, -0.15) is 0 Å². The number of ether oxygens (including phenoxy) is 2. The number of hydrogen-bond donors (Lipinski definition) is 0. The Morgan fingerprint density at radius 2 is 1.79 bits per heavy atom. The van der Waals surface area contributed by atoms with Crippen LogP contribution in [-0.4, -0.2) is 24.0 Å². The molecule has 1 heterocycles. The van der Waals surface area contributed by atoms with Crippen molar-refractivity contribution >= 4 is 11.6 Å². The minimum absolute atomic E-state index is 0.193. The van der Waals surface area contributed by atoms with E-state index < -0.39 is 0 Å². The molecule has 0 atom stereocenters. The summed E-state index contributed by atoms with van der Waals surface area (Å²) >= 11 is 6.09. The number of hydrogen-bond acceptors (Lipinski definition) is 3. The highest BCUT2D eigenvalue weighted by molar-refractivity contribution is 6.31. The van der Waals surface area contributed by atoms with Gasteiger partial charge in [-0.1, -0.05) is 11.6 Å². The first-order valence-corrected chi connectivity index (χ1v) is 4.66. The van der Waals surface area contributed by atoms with Gasteiger partial charge in [0.25, 0.3) is 5.88 Å². The third-order valence-electron chi connectivity index (χ3n) is 1.79. The normalized spacial score (nSPS) is 11.6. The van der Waals surface area contributed by atoms with Crippen LogP contribution in [0.15, 0.2) is 0 Å². The summed E-state index contributed by atoms with van der Waals surface area (Å²) in [6, 6.07) is 0. The SMILES string of the molecule is COc1nn(C(C)(C)C)c(Cl)c1OC. The first-order chi connectivity index (χ1) is 6.41. The summed E-state index contributed by atoms with van der Waals surface area (Å²) in [5, 5.41) is 4.66. The highest BCUT2D eigenvalue weighted by atomic mass is 35.5. The molecule has 0 aliphatic rings. The molecule has 4 nitrogen and oxygen atoms in total. The molecule has 1 aromatic heterocycles. The number of rotatable bonds is 2. The van der Waals surface area contributed by atoms with Gasteiger partial charge in [-0.25, -0.2) is 4.68 Å². The van der Waals surface area contributed by atoms with Gasteiger partial charge >= 0.3 is 0 Å². The van der Waals surface area contributed by atoms with Crippen LogP contribution in [0.1, 0.15) is 20.8 Å². The molecular weight excluding hydrogens is 204 g/mol. The van der Waals surface area contributed by atoms with Crippen molar-refractivity contribution in [2.45, 2.75) is 26.3 Å². The third-order valence-corrected chi connectivity index (χ3v) is 2.12. The Labute approximate surface area is 88.8 Å². The van der Waals surface area contributed by atoms with E-state index in [-0.39, 0.29) is 5.54 Å². The zero-order valence-corrected chi connectivity index (χ0v) is 9.84. The van der Waals surface area contributed by atoms with E-state index in [2.05, 4.69) is 5.10 Å². The van der Waals surface area contributed by atoms with Crippen LogP contribution < -0.4 is 9.47 Å². The zero-order valence-electron chi connectivity index (χ0n) is 9.09. The number of nitrogens with zero attached hydrogens (tertiary/aromatic N) is 2. The van der Waals surface area contributed by atoms with Crippen LogP contribution in [0.25, 0.3) is 0 Å². The molecule has 0 spiro atoms. The molecule has 0 fully saturated rings. The Hall–Kier alpha value is -0.900. The summed E-state index contributed by atoms with van der Waals surface area (Å²) in [6.45, 7) is 6.01. The lowest BCUT2D eigenvalue weighted by molar-refractivity contribution is 0.325. The Kier molecular flexibility index (Phi) is 2.95. The van der Waals surface area contributed by atoms with E-state index in [1.807, 2.05) is 20.8 Å². The molecule has 0 saturated heterocycles. The van der Waals surface area contributed by atoms with Crippen molar-refractivity contribution in [1.29, 1.82) is 0 Å². The van der Waals surface area contributed by atoms with Gasteiger partial charge in [0.1, 0.15) is 0 Å². The first-order valence-electron chi connectivity index (χ1n) is 4.28. The second-order valence-electron chi connectivity index (χ2n) is 3.92. The minimum Gasteiger partial charge on any atom is -0.489 e. The van der Waals surface area contributed by atoms with Gasteiger partial charge in [-0.3, -0.25) is 0 Å². The molecule has 14 heavy (non-hydrogen) atoms. The third kappa shape index (κ3) is 1.80. The summed E-state index contributed by atoms with van der Waals surface area (Å²) in [5.74, 6) is 0.886. The van der Waals surface area contributed by atoms with Crippen molar-refractivity contribution in [2.75, 3.05) is 14.2 Å². The maximum absolute atomic E-state index is 6.09. The molecule has 1 aromatic rings. The largest absolute Gasteiger partial charge is 0.489 e. The van der Waals surface area contributed by atoms with Crippen molar-refractivity contribution in [1.82, 2.24) is 9.78 Å². The average Bonchev–Trinajstić information content (AvgIpc) is 2.40. The molecule has 0 unspecified atom stereocenters. The molecule has 0 aliphatic carbocycles. The number of halogens is 1. The fraction of sp³-hybridized carbons (Fsp3) is 0.667. The number of methoxy groups -OCH3 is 2. The van der Waals surface area contributed by atoms with E-state index in [4.69, 9.17) is 21.1 Å². The van der Waals surface area contributed by atoms with Crippen LogP contribution in [0.5, 0.6) is 11.6 Å². The van der Waals surface area contributed by atoms with Gasteiger partial charge in [0.15, 0.2) is 5.15 Å². The predicted molar refractivity (Wildman–Crippen MR) is 55.3 cm³/mol. The Morgan fingerprint density at radius 3 is 2.07 bits per heavy atom. The van der Waals surface area contributed by atoms with Crippen LogP contribution >= 0.6 is 11.6 Å². The fourth-order valence-corrected chi connectivity index (χ4v) is 1.56. The van der Waals surface area contributed by atoms with E-state index in [1.54, 1.807) is 11.8 Å². The van der Waals surface area contributed by atoms with Gasteiger partial charge in [0.2, 0.25) is 5.75 Å². The van der Waals surface area contributed by atoms with Crippen molar-refractivity contribution in [3.63, 3.8) is 0 Å². The van der Waals surface area contributed by atoms with Gasteiger partial charge in [-0.05, 0) is 20.8 Å². The van der Waals surface area contributed by atoms with E-state index in [1.165, 1.54) is 7.11 Å². The standard InChI is InChI=1S/C9H15ClN2O2/c1-9(2,3)12-7(10)6(13-4)8(11-12)14-5/h1-5H3. The van der Waals surface area contributed by atoms with E-state index in [0.717, 1.165) is 0 Å². The average molecular weight is 219 g/mol.